The van der Waals surface area contributed by atoms with Crippen LogP contribution in [0.5, 0.6) is 0 Å². The first kappa shape index (κ1) is 30.6. The summed E-state index contributed by atoms with van der Waals surface area (Å²) < 4.78 is 30.2. The molecule has 0 aliphatic heterocycles. The number of hydrogen-bond acceptors (Lipinski definition) is 7. The Kier molecular flexibility index (Phi) is 8.30. The van der Waals surface area contributed by atoms with Crippen molar-refractivity contribution in [1.82, 2.24) is 35.0 Å². The predicted octanol–water partition coefficient (Wildman–Crippen LogP) is 6.66. The van der Waals surface area contributed by atoms with Crippen LogP contribution in [0.1, 0.15) is 5.56 Å². The lowest BCUT2D eigenvalue weighted by Gasteiger charge is -2.13. The van der Waals surface area contributed by atoms with Gasteiger partial charge in [-0.2, -0.15) is 5.10 Å². The monoisotopic (exact) mass is 643 g/mol. The number of pyridine rings is 2. The van der Waals surface area contributed by atoms with Crippen LogP contribution in [0.15, 0.2) is 91.4 Å². The van der Waals surface area contributed by atoms with Crippen molar-refractivity contribution in [2.24, 2.45) is 0 Å². The fourth-order valence-electron chi connectivity index (χ4n) is 5.62. The zero-order valence-electron chi connectivity index (χ0n) is 26.2. The summed E-state index contributed by atoms with van der Waals surface area (Å²) in [6, 6.07) is 21.0. The van der Waals surface area contributed by atoms with Gasteiger partial charge in [0.15, 0.2) is 17.3 Å². The maximum atomic E-state index is 15.5. The number of nitrogens with zero attached hydrogens (tertiary/aromatic N) is 5. The summed E-state index contributed by atoms with van der Waals surface area (Å²) in [6.45, 7) is 1.45. The zero-order valence-corrected chi connectivity index (χ0v) is 26.2. The summed E-state index contributed by atoms with van der Waals surface area (Å²) in [7, 11) is 3.95. The van der Waals surface area contributed by atoms with Gasteiger partial charge in [0.05, 0.1) is 23.8 Å². The molecule has 1 amide bonds. The smallest absolute Gasteiger partial charge is 0.228 e. The SMILES string of the molecule is CN(C)CCNc1cc(F)cc(-c2ccnc3nc(-c4[nH]nc5c(F)cc(-c6cncc(NC(=O)Cc7ccccc7)c6)cc45)[nH]c23)c1. The van der Waals surface area contributed by atoms with E-state index >= 15 is 4.39 Å². The second kappa shape index (κ2) is 13.0. The van der Waals surface area contributed by atoms with E-state index in [4.69, 9.17) is 0 Å². The van der Waals surface area contributed by atoms with Crippen molar-refractivity contribution in [3.8, 4) is 33.8 Å². The third-order valence-corrected chi connectivity index (χ3v) is 7.90. The Morgan fingerprint density at radius 1 is 0.917 bits per heavy atom. The van der Waals surface area contributed by atoms with Gasteiger partial charge < -0.3 is 20.5 Å². The van der Waals surface area contributed by atoms with E-state index in [0.717, 1.165) is 12.1 Å². The third-order valence-electron chi connectivity index (χ3n) is 7.90. The Hall–Kier alpha value is -6.01. The molecule has 4 heterocycles. The normalized spacial score (nSPS) is 11.4. The van der Waals surface area contributed by atoms with E-state index in [-0.39, 0.29) is 23.7 Å². The average Bonchev–Trinajstić information content (AvgIpc) is 3.70. The molecule has 12 heteroatoms. The van der Waals surface area contributed by atoms with Gasteiger partial charge in [-0.3, -0.25) is 14.9 Å². The minimum Gasteiger partial charge on any atom is -0.384 e. The van der Waals surface area contributed by atoms with Crippen molar-refractivity contribution in [2.45, 2.75) is 6.42 Å². The standard InChI is InChI=1S/C36H31F2N9O/c1-47(2)11-10-40-26-14-23(13-25(37)18-26)28-8-9-41-35-33(28)43-36(44-35)34-29-16-22(17-30(38)32(29)45-46-34)24-15-27(20-39-19-24)42-31(48)12-21-6-4-3-5-7-21/h3-9,13-20,40H,10-12H2,1-2H3,(H,42,48)(H,45,46)(H,41,43,44). The molecular formula is C36H31F2N9O. The van der Waals surface area contributed by atoms with E-state index in [0.29, 0.717) is 68.2 Å². The number of fused-ring (bicyclic) bond motifs is 2. The van der Waals surface area contributed by atoms with E-state index in [1.165, 1.54) is 18.2 Å². The molecule has 0 radical (unpaired) electrons. The number of rotatable bonds is 10. The predicted molar refractivity (Wildman–Crippen MR) is 183 cm³/mol. The highest BCUT2D eigenvalue weighted by atomic mass is 19.1. The lowest BCUT2D eigenvalue weighted by molar-refractivity contribution is -0.115. The molecule has 0 unspecified atom stereocenters. The molecule has 0 aliphatic carbocycles. The van der Waals surface area contributed by atoms with E-state index in [1.54, 1.807) is 36.8 Å². The summed E-state index contributed by atoms with van der Waals surface area (Å²) in [5.74, 6) is -0.703. The molecule has 48 heavy (non-hydrogen) atoms. The van der Waals surface area contributed by atoms with Crippen molar-refractivity contribution in [3.63, 3.8) is 0 Å². The Bertz CT molecular complexity index is 2260. The second-order valence-corrected chi connectivity index (χ2v) is 11.7. The number of hydrogen-bond donors (Lipinski definition) is 4. The number of amides is 1. The first-order valence-corrected chi connectivity index (χ1v) is 15.3. The van der Waals surface area contributed by atoms with Crippen LogP contribution in [0.4, 0.5) is 20.2 Å². The van der Waals surface area contributed by atoms with Gasteiger partial charge in [-0.05, 0) is 73.3 Å². The Labute approximate surface area is 274 Å². The van der Waals surface area contributed by atoms with Crippen molar-refractivity contribution >= 4 is 39.3 Å². The summed E-state index contributed by atoms with van der Waals surface area (Å²) >= 11 is 0. The van der Waals surface area contributed by atoms with E-state index < -0.39 is 5.82 Å². The van der Waals surface area contributed by atoms with Crippen LogP contribution in [0.25, 0.3) is 55.8 Å². The van der Waals surface area contributed by atoms with Gasteiger partial charge in [0.1, 0.15) is 17.0 Å². The molecule has 0 spiro atoms. The molecule has 0 bridgehead atoms. The molecule has 7 aromatic rings. The fraction of sp³-hybridized carbons (Fsp3) is 0.139. The number of carbonyl (C=O) groups is 1. The largest absolute Gasteiger partial charge is 0.384 e. The highest BCUT2D eigenvalue weighted by molar-refractivity contribution is 5.98. The Balaban J connectivity index is 1.20. The maximum absolute atomic E-state index is 15.5. The van der Waals surface area contributed by atoms with Crippen LogP contribution in [-0.2, 0) is 11.2 Å². The van der Waals surface area contributed by atoms with Gasteiger partial charge in [0, 0.05) is 47.7 Å². The lowest BCUT2D eigenvalue weighted by Crippen LogP contribution is -2.20. The molecule has 4 N–H and O–H groups in total. The molecule has 4 aromatic heterocycles. The van der Waals surface area contributed by atoms with Crippen molar-refractivity contribution in [3.05, 3.63) is 109 Å². The second-order valence-electron chi connectivity index (χ2n) is 11.7. The third kappa shape index (κ3) is 6.46. The molecule has 0 fully saturated rings. The number of anilines is 2. The summed E-state index contributed by atoms with van der Waals surface area (Å²) in [6.07, 6.45) is 4.98. The number of aromatic nitrogens is 6. The van der Waals surface area contributed by atoms with Gasteiger partial charge in [0.25, 0.3) is 0 Å². The van der Waals surface area contributed by atoms with Crippen molar-refractivity contribution in [1.29, 1.82) is 0 Å². The number of carbonyl (C=O) groups excluding carboxylic acids is 1. The number of aromatic amines is 2. The van der Waals surface area contributed by atoms with Crippen molar-refractivity contribution in [2.75, 3.05) is 37.8 Å². The van der Waals surface area contributed by atoms with E-state index in [9.17, 15) is 9.18 Å². The summed E-state index contributed by atoms with van der Waals surface area (Å²) in [4.78, 5) is 31.4. The van der Waals surface area contributed by atoms with Gasteiger partial charge in [-0.15, -0.1) is 0 Å². The molecule has 0 saturated heterocycles. The average molecular weight is 644 g/mol. The minimum atomic E-state index is -0.535. The summed E-state index contributed by atoms with van der Waals surface area (Å²) in [5, 5.41) is 13.8. The van der Waals surface area contributed by atoms with Crippen LogP contribution in [0.3, 0.4) is 0 Å². The van der Waals surface area contributed by atoms with Gasteiger partial charge in [-0.1, -0.05) is 30.3 Å². The van der Waals surface area contributed by atoms with Crippen molar-refractivity contribution < 1.29 is 13.6 Å². The molecule has 7 rings (SSSR count). The van der Waals surface area contributed by atoms with Gasteiger partial charge in [0.2, 0.25) is 5.91 Å². The molecule has 10 nitrogen and oxygen atoms in total. The summed E-state index contributed by atoms with van der Waals surface area (Å²) in [5.41, 5.74) is 6.16. The highest BCUT2D eigenvalue weighted by Gasteiger charge is 2.19. The number of halogens is 2. The van der Waals surface area contributed by atoms with Crippen LogP contribution in [0, 0.1) is 11.6 Å². The Morgan fingerprint density at radius 3 is 2.58 bits per heavy atom. The fourth-order valence-corrected chi connectivity index (χ4v) is 5.62. The highest BCUT2D eigenvalue weighted by Crippen LogP contribution is 2.35. The minimum absolute atomic E-state index is 0.140. The number of H-pyrrole nitrogens is 2. The lowest BCUT2D eigenvalue weighted by atomic mass is 10.0. The van der Waals surface area contributed by atoms with E-state index in [2.05, 4.69) is 40.8 Å². The first-order valence-electron chi connectivity index (χ1n) is 15.3. The molecule has 240 valence electrons. The maximum Gasteiger partial charge on any atom is 0.228 e. The molecule has 0 atom stereocenters. The molecule has 0 saturated carbocycles. The zero-order chi connectivity index (χ0) is 33.2. The number of nitrogens with one attached hydrogen (secondary N) is 4. The molecule has 3 aromatic carbocycles. The van der Waals surface area contributed by atoms with Crippen LogP contribution in [-0.4, -0.2) is 68.1 Å². The Morgan fingerprint density at radius 2 is 1.75 bits per heavy atom. The van der Waals surface area contributed by atoms with Gasteiger partial charge in [-0.25, -0.2) is 18.7 Å². The molecule has 0 aliphatic rings. The number of imidazole rings is 1. The van der Waals surface area contributed by atoms with E-state index in [1.807, 2.05) is 55.4 Å². The van der Waals surface area contributed by atoms with Crippen LogP contribution >= 0.6 is 0 Å². The molecular weight excluding hydrogens is 612 g/mol. The topological polar surface area (TPSA) is 128 Å². The van der Waals surface area contributed by atoms with Gasteiger partial charge >= 0.3 is 0 Å². The van der Waals surface area contributed by atoms with Crippen LogP contribution < -0.4 is 10.6 Å². The quantitative estimate of drug-likeness (QED) is 0.131. The number of benzene rings is 3. The first-order chi connectivity index (χ1) is 23.3. The number of likely N-dealkylation sites (N-methyl/N-ethyl adjacent to an activating group) is 1. The van der Waals surface area contributed by atoms with Crippen LogP contribution in [0.2, 0.25) is 0 Å².